The van der Waals surface area contributed by atoms with Gasteiger partial charge >= 0.3 is 5.97 Å². The maximum absolute atomic E-state index is 11.6. The zero-order chi connectivity index (χ0) is 13.5. The molecule has 1 aliphatic heterocycles. The Balaban J connectivity index is 2.51. The number of hydrogen-bond acceptors (Lipinski definition) is 3. The molecule has 1 heterocycles. The lowest BCUT2D eigenvalue weighted by Gasteiger charge is -2.32. The Hall–Kier alpha value is -0.920. The molecule has 0 bridgehead atoms. The second-order valence-electron chi connectivity index (χ2n) is 4.24. The van der Waals surface area contributed by atoms with Crippen LogP contribution in [0.15, 0.2) is 22.7 Å². The van der Waals surface area contributed by atoms with Crippen molar-refractivity contribution in [1.82, 2.24) is 4.31 Å². The van der Waals surface area contributed by atoms with Crippen LogP contribution in [0.4, 0.5) is 0 Å². The van der Waals surface area contributed by atoms with Gasteiger partial charge in [-0.05, 0) is 17.2 Å². The molecule has 0 aliphatic carbocycles. The first-order valence-corrected chi connectivity index (χ1v) is 7.90. The number of carboxylic acid groups (broad SMARTS) is 1. The number of fused-ring (bicyclic) bond motifs is 1. The number of hydrogen-bond donors (Lipinski definition) is 1. The van der Waals surface area contributed by atoms with Gasteiger partial charge in [-0.15, -0.1) is 0 Å². The molecule has 2 rings (SSSR count). The van der Waals surface area contributed by atoms with E-state index < -0.39 is 22.0 Å². The Bertz CT molecular complexity index is 599. The summed E-state index contributed by atoms with van der Waals surface area (Å²) in [5.41, 5.74) is 1.71. The van der Waals surface area contributed by atoms with E-state index in [-0.39, 0.29) is 13.0 Å². The number of rotatable bonds is 2. The third kappa shape index (κ3) is 2.43. The molecular weight excluding hydrogens is 322 g/mol. The van der Waals surface area contributed by atoms with E-state index in [0.717, 1.165) is 26.2 Å². The average Bonchev–Trinajstić information content (AvgIpc) is 2.26. The summed E-state index contributed by atoms with van der Waals surface area (Å²) in [7, 11) is -3.54. The van der Waals surface area contributed by atoms with Crippen molar-refractivity contribution >= 4 is 31.9 Å². The van der Waals surface area contributed by atoms with Crippen molar-refractivity contribution in [2.45, 2.75) is 19.0 Å². The van der Waals surface area contributed by atoms with E-state index in [4.69, 9.17) is 5.11 Å². The zero-order valence-corrected chi connectivity index (χ0v) is 12.0. The molecule has 0 amide bonds. The minimum atomic E-state index is -3.54. The topological polar surface area (TPSA) is 74.7 Å². The SMILES string of the molecule is CS(=O)(=O)N1Cc2cccc(Br)c2CC1C(=O)O. The van der Waals surface area contributed by atoms with Crippen LogP contribution < -0.4 is 0 Å². The van der Waals surface area contributed by atoms with Crippen molar-refractivity contribution < 1.29 is 18.3 Å². The molecule has 0 fully saturated rings. The van der Waals surface area contributed by atoms with Crippen LogP contribution in [0, 0.1) is 0 Å². The third-order valence-corrected chi connectivity index (χ3v) is 4.98. The summed E-state index contributed by atoms with van der Waals surface area (Å²) in [6, 6.07) is 4.42. The van der Waals surface area contributed by atoms with Crippen LogP contribution in [0.25, 0.3) is 0 Å². The molecule has 18 heavy (non-hydrogen) atoms. The highest BCUT2D eigenvalue weighted by atomic mass is 79.9. The number of carboxylic acids is 1. The van der Waals surface area contributed by atoms with Gasteiger partial charge in [0.15, 0.2) is 0 Å². The Morgan fingerprint density at radius 2 is 2.17 bits per heavy atom. The predicted octanol–water partition coefficient (Wildman–Crippen LogP) is 1.22. The summed E-state index contributed by atoms with van der Waals surface area (Å²) in [5, 5.41) is 9.17. The number of sulfonamides is 1. The van der Waals surface area contributed by atoms with Gasteiger partial charge in [-0.2, -0.15) is 4.31 Å². The molecule has 1 atom stereocenters. The molecule has 0 saturated heterocycles. The molecule has 1 N–H and O–H groups in total. The fourth-order valence-corrected chi connectivity index (χ4v) is 3.68. The number of aliphatic carboxylic acids is 1. The molecule has 1 aliphatic rings. The predicted molar refractivity (Wildman–Crippen MR) is 69.7 cm³/mol. The molecule has 1 unspecified atom stereocenters. The van der Waals surface area contributed by atoms with Crippen molar-refractivity contribution in [2.75, 3.05) is 6.26 Å². The van der Waals surface area contributed by atoms with Crippen molar-refractivity contribution in [2.24, 2.45) is 0 Å². The molecule has 0 spiro atoms. The lowest BCUT2D eigenvalue weighted by Crippen LogP contribution is -2.48. The van der Waals surface area contributed by atoms with Crippen molar-refractivity contribution in [3.8, 4) is 0 Å². The van der Waals surface area contributed by atoms with Gasteiger partial charge < -0.3 is 5.11 Å². The second-order valence-corrected chi connectivity index (χ2v) is 7.03. The summed E-state index contributed by atoms with van der Waals surface area (Å²) in [6.45, 7) is 0.102. The highest BCUT2D eigenvalue weighted by Gasteiger charge is 2.37. The lowest BCUT2D eigenvalue weighted by molar-refractivity contribution is -0.141. The normalized spacial score (nSPS) is 20.4. The van der Waals surface area contributed by atoms with Gasteiger partial charge in [0.25, 0.3) is 0 Å². The van der Waals surface area contributed by atoms with Crippen LogP contribution in [0.1, 0.15) is 11.1 Å². The van der Waals surface area contributed by atoms with Crippen molar-refractivity contribution in [3.05, 3.63) is 33.8 Å². The van der Waals surface area contributed by atoms with E-state index in [1.165, 1.54) is 0 Å². The van der Waals surface area contributed by atoms with Crippen LogP contribution in [0.2, 0.25) is 0 Å². The second kappa shape index (κ2) is 4.64. The Morgan fingerprint density at radius 3 is 2.72 bits per heavy atom. The first kappa shape index (κ1) is 13.5. The van der Waals surface area contributed by atoms with Gasteiger partial charge in [-0.25, -0.2) is 8.42 Å². The van der Waals surface area contributed by atoms with Crippen LogP contribution in [0.3, 0.4) is 0 Å². The standard InChI is InChI=1S/C11H12BrNO4S/c1-18(16,17)13-6-7-3-2-4-9(12)8(7)5-10(13)11(14)15/h2-4,10H,5-6H2,1H3,(H,14,15). The van der Waals surface area contributed by atoms with E-state index in [0.29, 0.717) is 0 Å². The first-order valence-electron chi connectivity index (χ1n) is 5.26. The highest BCUT2D eigenvalue weighted by molar-refractivity contribution is 9.10. The Labute approximate surface area is 114 Å². The van der Waals surface area contributed by atoms with Crippen LogP contribution in [-0.4, -0.2) is 36.1 Å². The van der Waals surface area contributed by atoms with E-state index in [2.05, 4.69) is 15.9 Å². The largest absolute Gasteiger partial charge is 0.480 e. The van der Waals surface area contributed by atoms with Crippen LogP contribution in [0.5, 0.6) is 0 Å². The summed E-state index contributed by atoms with van der Waals surface area (Å²) in [6.07, 6.45) is 1.21. The third-order valence-electron chi connectivity index (χ3n) is 3.00. The van der Waals surface area contributed by atoms with Crippen molar-refractivity contribution in [1.29, 1.82) is 0 Å². The molecule has 0 saturated carbocycles. The van der Waals surface area contributed by atoms with Gasteiger partial charge in [0.2, 0.25) is 10.0 Å². The summed E-state index contributed by atoms with van der Waals surface area (Å²) >= 11 is 3.37. The number of carbonyl (C=O) groups is 1. The fraction of sp³-hybridized carbons (Fsp3) is 0.364. The smallest absolute Gasteiger partial charge is 0.322 e. The highest BCUT2D eigenvalue weighted by Crippen LogP contribution is 2.30. The Morgan fingerprint density at radius 1 is 1.50 bits per heavy atom. The summed E-state index contributed by atoms with van der Waals surface area (Å²) in [5.74, 6) is -1.12. The summed E-state index contributed by atoms with van der Waals surface area (Å²) in [4.78, 5) is 11.2. The van der Waals surface area contributed by atoms with Gasteiger partial charge in [0, 0.05) is 17.4 Å². The monoisotopic (exact) mass is 333 g/mol. The van der Waals surface area contributed by atoms with Crippen molar-refractivity contribution in [3.63, 3.8) is 0 Å². The molecule has 1 aromatic rings. The van der Waals surface area contributed by atoms with E-state index in [9.17, 15) is 13.2 Å². The Kier molecular flexibility index (Phi) is 3.48. The molecular formula is C11H12BrNO4S. The van der Waals surface area contributed by atoms with E-state index in [1.807, 2.05) is 18.2 Å². The van der Waals surface area contributed by atoms with E-state index >= 15 is 0 Å². The van der Waals surface area contributed by atoms with Gasteiger partial charge in [0.05, 0.1) is 6.26 Å². The van der Waals surface area contributed by atoms with Crippen LogP contribution >= 0.6 is 15.9 Å². The molecule has 1 aromatic carbocycles. The van der Waals surface area contributed by atoms with Gasteiger partial charge in [-0.1, -0.05) is 28.1 Å². The number of halogens is 1. The molecule has 98 valence electrons. The maximum atomic E-state index is 11.6. The molecule has 7 heteroatoms. The molecule has 0 aromatic heterocycles. The minimum Gasteiger partial charge on any atom is -0.480 e. The lowest BCUT2D eigenvalue weighted by atomic mass is 9.96. The molecule has 0 radical (unpaired) electrons. The zero-order valence-electron chi connectivity index (χ0n) is 9.63. The van der Waals surface area contributed by atoms with Gasteiger partial charge in [-0.3, -0.25) is 4.79 Å². The first-order chi connectivity index (χ1) is 8.30. The summed E-state index contributed by atoms with van der Waals surface area (Å²) < 4.78 is 25.1. The number of benzene rings is 1. The fourth-order valence-electron chi connectivity index (χ4n) is 2.11. The quantitative estimate of drug-likeness (QED) is 0.883. The minimum absolute atomic E-state index is 0.102. The van der Waals surface area contributed by atoms with Gasteiger partial charge in [0.1, 0.15) is 6.04 Å². The van der Waals surface area contributed by atoms with Crippen LogP contribution in [-0.2, 0) is 27.8 Å². The molecule has 5 nitrogen and oxygen atoms in total. The maximum Gasteiger partial charge on any atom is 0.322 e. The average molecular weight is 334 g/mol. The number of nitrogens with zero attached hydrogens (tertiary/aromatic N) is 1. The van der Waals surface area contributed by atoms with E-state index in [1.54, 1.807) is 0 Å².